The van der Waals surface area contributed by atoms with Crippen LogP contribution in [0.1, 0.15) is 41.5 Å². The molecule has 0 bridgehead atoms. The van der Waals surface area contributed by atoms with Gasteiger partial charge < -0.3 is 20.3 Å². The van der Waals surface area contributed by atoms with Gasteiger partial charge in [-0.1, -0.05) is 36.4 Å². The van der Waals surface area contributed by atoms with Gasteiger partial charge in [0.25, 0.3) is 5.97 Å². The Morgan fingerprint density at radius 1 is 1.11 bits per heavy atom. The molecule has 0 radical (unpaired) electrons. The lowest BCUT2D eigenvalue weighted by Gasteiger charge is -2.15. The number of rotatable bonds is 6. The third-order valence-corrected chi connectivity index (χ3v) is 6.22. The highest BCUT2D eigenvalue weighted by Crippen LogP contribution is 2.38. The summed E-state index contributed by atoms with van der Waals surface area (Å²) in [5.74, 6) is 0.370. The smallest absolute Gasteiger partial charge is 0.414 e. The van der Waals surface area contributed by atoms with E-state index >= 15 is 0 Å². The average Bonchev–Trinajstić information content (AvgIpc) is 3.46. The molecule has 1 fully saturated rings. The molecule has 1 saturated heterocycles. The maximum atomic E-state index is 12.3. The Bertz CT molecular complexity index is 1240. The summed E-state index contributed by atoms with van der Waals surface area (Å²) in [5.41, 5.74) is 11.0. The normalized spacial score (nSPS) is 18.0. The van der Waals surface area contributed by atoms with E-state index < -0.39 is 12.1 Å². The van der Waals surface area contributed by atoms with Crippen LogP contribution in [-0.4, -0.2) is 42.3 Å². The SMILES string of the molecule is CC(=O)O.N=C(N)c1ccc(N2CC(COc3ccc(C4CCc5ccccc54)cc3)OC2=O)cc1. The molecule has 1 heterocycles. The Labute approximate surface area is 209 Å². The molecule has 0 aromatic heterocycles. The predicted octanol–water partition coefficient (Wildman–Crippen LogP) is 4.54. The number of hydrogen-bond donors (Lipinski definition) is 3. The number of hydrogen-bond acceptors (Lipinski definition) is 5. The van der Waals surface area contributed by atoms with Gasteiger partial charge in [0.05, 0.1) is 6.54 Å². The largest absolute Gasteiger partial charge is 0.490 e. The molecule has 0 saturated carbocycles. The number of aliphatic carboxylic acids is 1. The summed E-state index contributed by atoms with van der Waals surface area (Å²) in [5, 5.41) is 14.9. The quantitative estimate of drug-likeness (QED) is 0.346. The van der Waals surface area contributed by atoms with Crippen LogP contribution in [0.2, 0.25) is 0 Å². The van der Waals surface area contributed by atoms with Crippen molar-refractivity contribution in [3.05, 3.63) is 95.1 Å². The molecule has 2 aliphatic rings. The number of anilines is 1. The molecule has 0 spiro atoms. The standard InChI is InChI=1S/C26H25N3O3.C2H4O2/c27-25(28)19-5-10-20(11-6-19)29-15-22(32-26(29)30)16-31-21-12-7-18(8-13-21)24-14-9-17-3-1-2-4-23(17)24;1-2(3)4/h1-8,10-13,22,24H,9,14-16H2,(H3,27,28);1H3,(H,3,4). The molecule has 3 aromatic carbocycles. The van der Waals surface area contributed by atoms with E-state index in [9.17, 15) is 4.79 Å². The first-order chi connectivity index (χ1) is 17.3. The maximum Gasteiger partial charge on any atom is 0.414 e. The number of benzene rings is 3. The summed E-state index contributed by atoms with van der Waals surface area (Å²) in [6.45, 7) is 1.79. The Hall–Kier alpha value is -4.33. The maximum absolute atomic E-state index is 12.3. The first kappa shape index (κ1) is 24.8. The van der Waals surface area contributed by atoms with Gasteiger partial charge in [-0.25, -0.2) is 4.79 Å². The van der Waals surface area contributed by atoms with E-state index in [0.717, 1.165) is 25.5 Å². The molecule has 4 N–H and O–H groups in total. The minimum atomic E-state index is -0.833. The van der Waals surface area contributed by atoms with Crippen molar-refractivity contribution in [2.24, 2.45) is 5.73 Å². The summed E-state index contributed by atoms with van der Waals surface area (Å²) < 4.78 is 11.4. The minimum Gasteiger partial charge on any atom is -0.490 e. The Morgan fingerprint density at radius 3 is 2.44 bits per heavy atom. The van der Waals surface area contributed by atoms with Gasteiger partial charge in [-0.05, 0) is 65.9 Å². The summed E-state index contributed by atoms with van der Waals surface area (Å²) in [6, 6.07) is 23.9. The molecular formula is C28H29N3O5. The zero-order chi connectivity index (χ0) is 25.7. The van der Waals surface area contributed by atoms with Crippen LogP contribution in [0.5, 0.6) is 5.75 Å². The topological polar surface area (TPSA) is 126 Å². The zero-order valence-electron chi connectivity index (χ0n) is 20.0. The number of nitrogens with two attached hydrogens (primary N) is 1. The third kappa shape index (κ3) is 5.83. The van der Waals surface area contributed by atoms with Gasteiger partial charge in [-0.15, -0.1) is 0 Å². The van der Waals surface area contributed by atoms with Crippen LogP contribution in [-0.2, 0) is 16.0 Å². The Kier molecular flexibility index (Phi) is 7.53. The highest BCUT2D eigenvalue weighted by molar-refractivity contribution is 5.96. The number of carboxylic acids is 1. The van der Waals surface area contributed by atoms with Crippen molar-refractivity contribution in [2.45, 2.75) is 31.8 Å². The summed E-state index contributed by atoms with van der Waals surface area (Å²) >= 11 is 0. The van der Waals surface area contributed by atoms with Gasteiger partial charge >= 0.3 is 6.09 Å². The van der Waals surface area contributed by atoms with Crippen molar-refractivity contribution in [3.63, 3.8) is 0 Å². The lowest BCUT2D eigenvalue weighted by atomic mass is 9.93. The molecule has 1 aliphatic heterocycles. The number of ether oxygens (including phenoxy) is 2. The molecule has 1 amide bonds. The van der Waals surface area contributed by atoms with E-state index in [1.165, 1.54) is 16.7 Å². The van der Waals surface area contributed by atoms with E-state index in [0.29, 0.717) is 30.3 Å². The van der Waals surface area contributed by atoms with Crippen molar-refractivity contribution in [1.82, 2.24) is 0 Å². The van der Waals surface area contributed by atoms with Crippen molar-refractivity contribution >= 4 is 23.6 Å². The van der Waals surface area contributed by atoms with Crippen LogP contribution in [0.25, 0.3) is 0 Å². The van der Waals surface area contributed by atoms with Crippen LogP contribution >= 0.6 is 0 Å². The molecule has 186 valence electrons. The second-order valence-corrected chi connectivity index (χ2v) is 8.77. The number of cyclic esters (lactones) is 1. The molecule has 36 heavy (non-hydrogen) atoms. The number of amides is 1. The fraction of sp³-hybridized carbons (Fsp3) is 0.250. The van der Waals surface area contributed by atoms with Crippen molar-refractivity contribution < 1.29 is 24.2 Å². The average molecular weight is 488 g/mol. The van der Waals surface area contributed by atoms with Gasteiger partial charge in [-0.2, -0.15) is 0 Å². The monoisotopic (exact) mass is 487 g/mol. The van der Waals surface area contributed by atoms with E-state index in [-0.39, 0.29) is 11.9 Å². The Balaban J connectivity index is 0.000000709. The first-order valence-electron chi connectivity index (χ1n) is 11.7. The number of nitrogens with one attached hydrogen (secondary N) is 1. The Morgan fingerprint density at radius 2 is 1.78 bits per heavy atom. The first-order valence-corrected chi connectivity index (χ1v) is 11.7. The van der Waals surface area contributed by atoms with Crippen LogP contribution in [0.15, 0.2) is 72.8 Å². The summed E-state index contributed by atoms with van der Waals surface area (Å²) in [7, 11) is 0. The van der Waals surface area contributed by atoms with Crippen LogP contribution in [0.4, 0.5) is 10.5 Å². The van der Waals surface area contributed by atoms with Crippen molar-refractivity contribution in [1.29, 1.82) is 5.41 Å². The van der Waals surface area contributed by atoms with Crippen LogP contribution in [0.3, 0.4) is 0 Å². The molecule has 1 aliphatic carbocycles. The second-order valence-electron chi connectivity index (χ2n) is 8.77. The van der Waals surface area contributed by atoms with Gasteiger partial charge in [0.15, 0.2) is 6.10 Å². The van der Waals surface area contributed by atoms with E-state index in [4.69, 9.17) is 30.5 Å². The number of carboxylic acid groups (broad SMARTS) is 1. The molecule has 2 unspecified atom stereocenters. The van der Waals surface area contributed by atoms with Crippen LogP contribution in [0, 0.1) is 5.41 Å². The number of fused-ring (bicyclic) bond motifs is 1. The van der Waals surface area contributed by atoms with Gasteiger partial charge in [0.2, 0.25) is 0 Å². The predicted molar refractivity (Wildman–Crippen MR) is 137 cm³/mol. The molecule has 2 atom stereocenters. The van der Waals surface area contributed by atoms with E-state index in [2.05, 4.69) is 36.4 Å². The lowest BCUT2D eigenvalue weighted by molar-refractivity contribution is -0.134. The number of aryl methyl sites for hydroxylation is 1. The molecule has 8 heteroatoms. The number of nitrogens with zero attached hydrogens (tertiary/aromatic N) is 1. The van der Waals surface area contributed by atoms with Gasteiger partial charge in [-0.3, -0.25) is 15.1 Å². The fourth-order valence-electron chi connectivity index (χ4n) is 4.53. The summed E-state index contributed by atoms with van der Waals surface area (Å²) in [4.78, 5) is 22.9. The highest BCUT2D eigenvalue weighted by Gasteiger charge is 2.33. The number of carbonyl (C=O) groups excluding carboxylic acids is 1. The molecular weight excluding hydrogens is 458 g/mol. The van der Waals surface area contributed by atoms with Crippen molar-refractivity contribution in [2.75, 3.05) is 18.1 Å². The number of amidine groups is 1. The van der Waals surface area contributed by atoms with Gasteiger partial charge in [0.1, 0.15) is 18.2 Å². The second kappa shape index (κ2) is 10.9. The zero-order valence-corrected chi connectivity index (χ0v) is 20.0. The van der Waals surface area contributed by atoms with E-state index in [1.54, 1.807) is 29.2 Å². The lowest BCUT2D eigenvalue weighted by Crippen LogP contribution is -2.26. The van der Waals surface area contributed by atoms with Crippen LogP contribution < -0.4 is 15.4 Å². The summed E-state index contributed by atoms with van der Waals surface area (Å²) in [6.07, 6.45) is 1.52. The highest BCUT2D eigenvalue weighted by atomic mass is 16.6. The number of nitrogen functional groups attached to an aromatic ring is 1. The van der Waals surface area contributed by atoms with Gasteiger partial charge in [0, 0.05) is 24.1 Å². The molecule has 3 aromatic rings. The minimum absolute atomic E-state index is 0.00464. The third-order valence-electron chi connectivity index (χ3n) is 6.22. The molecule has 8 nitrogen and oxygen atoms in total. The molecule has 5 rings (SSSR count). The fourth-order valence-corrected chi connectivity index (χ4v) is 4.53. The number of carbonyl (C=O) groups is 2. The van der Waals surface area contributed by atoms with Crippen molar-refractivity contribution in [3.8, 4) is 5.75 Å². The van der Waals surface area contributed by atoms with E-state index in [1.807, 2.05) is 12.1 Å².